The Hall–Kier alpha value is -2.26. The number of hydrogen-bond acceptors (Lipinski definition) is 8. The van der Waals surface area contributed by atoms with Crippen molar-refractivity contribution in [1.82, 2.24) is 14.6 Å². The van der Waals surface area contributed by atoms with E-state index >= 15 is 0 Å². The third-order valence-electron chi connectivity index (χ3n) is 8.84. The Bertz CT molecular complexity index is 2310. The highest BCUT2D eigenvalue weighted by atomic mass is 35.5. The fourth-order valence-electron chi connectivity index (χ4n) is 6.16. The summed E-state index contributed by atoms with van der Waals surface area (Å²) in [4.78, 5) is 62.5. The molecule has 6 rings (SSSR count). The van der Waals surface area contributed by atoms with Gasteiger partial charge in [-0.3, -0.25) is 19.2 Å². The molecule has 1 N–H and O–H groups in total. The highest BCUT2D eigenvalue weighted by Crippen LogP contribution is 2.49. The number of nitrogens with zero attached hydrogens (tertiary/aromatic N) is 3. The lowest BCUT2D eigenvalue weighted by molar-refractivity contribution is 0.0882. The number of amides is 2. The van der Waals surface area contributed by atoms with Gasteiger partial charge in [-0.15, -0.1) is 0 Å². The Labute approximate surface area is 337 Å². The average Bonchev–Trinajstić information content (AvgIpc) is 3.54. The Morgan fingerprint density at radius 2 is 1.19 bits per heavy atom. The Morgan fingerprint density at radius 1 is 0.712 bits per heavy atom. The van der Waals surface area contributed by atoms with E-state index in [1.54, 1.807) is 0 Å². The van der Waals surface area contributed by atoms with Crippen LogP contribution in [0.1, 0.15) is 73.3 Å². The molecule has 1 aromatic heterocycles. The van der Waals surface area contributed by atoms with Gasteiger partial charge in [-0.25, -0.2) is 23.0 Å². The number of aromatic nitrogens is 1. The zero-order chi connectivity index (χ0) is 38.1. The van der Waals surface area contributed by atoms with Crippen molar-refractivity contribution in [1.29, 1.82) is 0 Å². The van der Waals surface area contributed by atoms with Crippen LogP contribution in [0.2, 0.25) is 40.2 Å². The lowest BCUT2D eigenvalue weighted by Crippen LogP contribution is -2.31. The maximum Gasteiger partial charge on any atom is 0.267 e. The molecule has 2 amide bonds. The van der Waals surface area contributed by atoms with Gasteiger partial charge < -0.3 is 4.90 Å². The normalized spacial score (nSPS) is 14.8. The number of carbonyl (C=O) groups excluding carboxylic acids is 4. The van der Waals surface area contributed by atoms with Crippen LogP contribution in [0.3, 0.4) is 0 Å². The smallest absolute Gasteiger partial charge is 0.267 e. The second-order valence-corrected chi connectivity index (χ2v) is 16.4. The molecule has 0 spiro atoms. The minimum atomic E-state index is -4.25. The summed E-state index contributed by atoms with van der Waals surface area (Å²) in [6.07, 6.45) is 0.499. The molecular weight excluding hydrogens is 864 g/mol. The summed E-state index contributed by atoms with van der Waals surface area (Å²) in [6.45, 7) is 6.32. The average molecular weight is 886 g/mol. The van der Waals surface area contributed by atoms with Gasteiger partial charge in [-0.05, 0) is 44.3 Å². The van der Waals surface area contributed by atoms with E-state index in [1.807, 2.05) is 13.8 Å². The zero-order valence-corrected chi connectivity index (χ0v) is 33.5. The molecule has 0 saturated heterocycles. The number of pyridine rings is 1. The maximum absolute atomic E-state index is 14.0. The number of Topliss-reactive ketones (excluding diaryl/α,β-unsaturated/α-hetero) is 2. The van der Waals surface area contributed by atoms with Gasteiger partial charge in [0.25, 0.3) is 11.8 Å². The number of carbonyl (C=O) groups is 4. The minimum Gasteiger partial charge on any atom is -0.304 e. The zero-order valence-electron chi connectivity index (χ0n) is 26.6. The molecule has 2 heterocycles. The summed E-state index contributed by atoms with van der Waals surface area (Å²) in [5, 5.41) is -2.13. The number of nitrogens with one attached hydrogen (secondary N) is 1. The number of fused-ring (bicyclic) bond motifs is 3. The van der Waals surface area contributed by atoms with Gasteiger partial charge in [0.05, 0.1) is 84.2 Å². The lowest BCUT2D eigenvalue weighted by Gasteiger charge is -2.20. The molecule has 1 aliphatic heterocycles. The van der Waals surface area contributed by atoms with Crippen LogP contribution < -0.4 is 9.62 Å². The third-order valence-corrected chi connectivity index (χ3v) is 13.9. The van der Waals surface area contributed by atoms with Crippen LogP contribution in [0.25, 0.3) is 10.9 Å². The van der Waals surface area contributed by atoms with E-state index in [9.17, 15) is 27.6 Å². The van der Waals surface area contributed by atoms with Crippen LogP contribution in [0.5, 0.6) is 0 Å². The molecule has 0 fully saturated rings. The van der Waals surface area contributed by atoms with Gasteiger partial charge in [0.1, 0.15) is 5.92 Å². The second kappa shape index (κ2) is 14.8. The summed E-state index contributed by atoms with van der Waals surface area (Å²) in [6, 6.07) is 5.06. The van der Waals surface area contributed by atoms with E-state index in [0.717, 1.165) is 19.2 Å². The van der Waals surface area contributed by atoms with Crippen molar-refractivity contribution in [2.24, 2.45) is 0 Å². The standard InChI is InChI=1S/C33H22Cl8N4O6S/c1-3-44(4-2)9-5-8-42-52(50,51)13-10-12-6-7-14(16-30(46)17-18(31(16)47)22(35)26(39)25(38)21(17)34)43-29(12)15(11-13)45-32(48)19-20(33(45)49)24(37)28(41)27(40)23(19)36/h6-7,10-11,16,42H,3-5,8-9H2,1-2H3. The summed E-state index contributed by atoms with van der Waals surface area (Å²) in [5.74, 6) is -5.17. The van der Waals surface area contributed by atoms with Gasteiger partial charge in [0.15, 0.2) is 11.6 Å². The molecule has 10 nitrogen and oxygen atoms in total. The monoisotopic (exact) mass is 882 g/mol. The van der Waals surface area contributed by atoms with Crippen LogP contribution >= 0.6 is 92.8 Å². The van der Waals surface area contributed by atoms with Crippen molar-refractivity contribution in [3.63, 3.8) is 0 Å². The molecule has 19 heteroatoms. The van der Waals surface area contributed by atoms with Gasteiger partial charge in [0.2, 0.25) is 10.0 Å². The lowest BCUT2D eigenvalue weighted by atomic mass is 9.98. The fourth-order valence-corrected chi connectivity index (χ4v) is 9.34. The Kier molecular flexibility index (Phi) is 11.2. The molecule has 0 unspecified atom stereocenters. The summed E-state index contributed by atoms with van der Waals surface area (Å²) in [5.41, 5.74) is -1.83. The summed E-state index contributed by atoms with van der Waals surface area (Å²) in [7, 11) is -4.25. The molecule has 1 aliphatic carbocycles. The van der Waals surface area contributed by atoms with Gasteiger partial charge in [-0.1, -0.05) is 113 Å². The molecule has 3 aromatic carbocycles. The van der Waals surface area contributed by atoms with Crippen molar-refractivity contribution >= 4 is 143 Å². The van der Waals surface area contributed by atoms with Gasteiger partial charge >= 0.3 is 0 Å². The summed E-state index contributed by atoms with van der Waals surface area (Å²) >= 11 is 50.3. The predicted molar refractivity (Wildman–Crippen MR) is 205 cm³/mol. The second-order valence-electron chi connectivity index (χ2n) is 11.6. The molecule has 0 radical (unpaired) electrons. The molecule has 272 valence electrons. The van der Waals surface area contributed by atoms with Crippen LogP contribution in [0.15, 0.2) is 29.2 Å². The van der Waals surface area contributed by atoms with Crippen molar-refractivity contribution in [2.45, 2.75) is 31.1 Å². The molecule has 0 atom stereocenters. The van der Waals surface area contributed by atoms with Gasteiger partial charge in [-0.2, -0.15) is 0 Å². The molecule has 52 heavy (non-hydrogen) atoms. The number of anilines is 1. The molecule has 0 saturated carbocycles. The van der Waals surface area contributed by atoms with Crippen LogP contribution in [-0.2, 0) is 10.0 Å². The van der Waals surface area contributed by atoms with E-state index in [1.165, 1.54) is 18.2 Å². The molecule has 0 bridgehead atoms. The molecular formula is C33H22Cl8N4O6S. The number of rotatable bonds is 10. The summed E-state index contributed by atoms with van der Waals surface area (Å²) < 4.78 is 29.9. The van der Waals surface area contributed by atoms with Crippen molar-refractivity contribution < 1.29 is 27.6 Å². The predicted octanol–water partition coefficient (Wildman–Crippen LogP) is 9.44. The number of imide groups is 1. The number of sulfonamides is 1. The topological polar surface area (TPSA) is 134 Å². The van der Waals surface area contributed by atoms with E-state index in [4.69, 9.17) is 92.8 Å². The fraction of sp³-hybridized carbons (Fsp3) is 0.242. The first-order valence-electron chi connectivity index (χ1n) is 15.3. The van der Waals surface area contributed by atoms with E-state index in [0.29, 0.717) is 17.9 Å². The first-order valence-corrected chi connectivity index (χ1v) is 19.8. The maximum atomic E-state index is 14.0. The van der Waals surface area contributed by atoms with Crippen LogP contribution in [0, 0.1) is 0 Å². The highest BCUT2D eigenvalue weighted by molar-refractivity contribution is 7.89. The molecule has 2 aliphatic rings. The van der Waals surface area contributed by atoms with Crippen LogP contribution in [0.4, 0.5) is 5.69 Å². The largest absolute Gasteiger partial charge is 0.304 e. The van der Waals surface area contributed by atoms with Crippen molar-refractivity contribution in [2.75, 3.05) is 31.1 Å². The minimum absolute atomic E-state index is 0.0875. The quantitative estimate of drug-likeness (QED) is 0.0548. The van der Waals surface area contributed by atoms with E-state index in [2.05, 4.69) is 14.6 Å². The van der Waals surface area contributed by atoms with Crippen molar-refractivity contribution in [3.8, 4) is 0 Å². The van der Waals surface area contributed by atoms with Crippen molar-refractivity contribution in [3.05, 3.63) is 92.4 Å². The van der Waals surface area contributed by atoms with E-state index < -0.39 is 39.3 Å². The Morgan fingerprint density at radius 3 is 1.67 bits per heavy atom. The molecule has 4 aromatic rings. The third kappa shape index (κ3) is 6.29. The Balaban J connectivity index is 1.51. The number of ketones is 2. The van der Waals surface area contributed by atoms with Gasteiger partial charge in [0, 0.05) is 11.9 Å². The van der Waals surface area contributed by atoms with E-state index in [-0.39, 0.29) is 96.2 Å². The first-order chi connectivity index (χ1) is 24.5. The number of benzene rings is 3. The SMILES string of the molecule is CCN(CC)CCCNS(=O)(=O)c1cc(N2C(=O)c3c(Cl)c(Cl)c(Cl)c(Cl)c3C2=O)c2nc(C3C(=O)c4c(Cl)c(Cl)c(Cl)c(Cl)c4C3=O)ccc2c1. The highest BCUT2D eigenvalue weighted by Gasteiger charge is 2.46. The first kappa shape index (κ1) is 39.4. The number of halogens is 8. The number of hydrogen-bond donors (Lipinski definition) is 1. The van der Waals surface area contributed by atoms with Crippen LogP contribution in [-0.4, -0.2) is 67.9 Å².